The van der Waals surface area contributed by atoms with Crippen molar-refractivity contribution in [3.63, 3.8) is 0 Å². The molecule has 0 radical (unpaired) electrons. The Bertz CT molecular complexity index is 1240. The van der Waals surface area contributed by atoms with Gasteiger partial charge in [-0.3, -0.25) is 9.53 Å². The van der Waals surface area contributed by atoms with Gasteiger partial charge in [-0.2, -0.15) is 0 Å². The second-order valence-electron chi connectivity index (χ2n) is 8.56. The van der Waals surface area contributed by atoms with Crippen molar-refractivity contribution < 1.29 is 40.6 Å². The van der Waals surface area contributed by atoms with Gasteiger partial charge in [0.05, 0.1) is 24.3 Å². The average molecular weight is 498 g/mol. The van der Waals surface area contributed by atoms with Crippen molar-refractivity contribution in [2.75, 3.05) is 6.61 Å². The lowest BCUT2D eigenvalue weighted by Gasteiger charge is -2.33. The van der Waals surface area contributed by atoms with Gasteiger partial charge in [-0.05, 0) is 37.8 Å². The van der Waals surface area contributed by atoms with E-state index in [0.717, 1.165) is 12.1 Å². The normalized spacial score (nSPS) is 24.8. The first-order chi connectivity index (χ1) is 16.6. The molecule has 1 aliphatic carbocycles. The number of rotatable bonds is 5. The molecule has 35 heavy (non-hydrogen) atoms. The van der Waals surface area contributed by atoms with Gasteiger partial charge in [0, 0.05) is 17.4 Å². The van der Waals surface area contributed by atoms with E-state index in [2.05, 4.69) is 25.2 Å². The number of pyridine rings is 1. The standard InChI is InChI=1S/C22H19F5N4O4/c23-14-7-10-1-3-16(29-17(10)8-15(14)24)19(32)28-12-2-4-18(33-9-12)21-31-30-20(34-21)11-5-13(6-11)35-22(25,26)27/h1,3,7-8,11-13,18H,2,4-6,9H2,(H,28,32)/t11-,12-,13+,18+/m0/s1. The van der Waals surface area contributed by atoms with Crippen LogP contribution in [0.5, 0.6) is 0 Å². The fourth-order valence-electron chi connectivity index (χ4n) is 4.16. The van der Waals surface area contributed by atoms with E-state index in [-0.39, 0.29) is 54.4 Å². The molecule has 186 valence electrons. The Kier molecular flexibility index (Phi) is 6.13. The predicted octanol–water partition coefficient (Wildman–Crippen LogP) is 4.33. The van der Waals surface area contributed by atoms with Gasteiger partial charge in [0.15, 0.2) is 11.6 Å². The number of hydrogen-bond acceptors (Lipinski definition) is 7. The molecule has 3 aromatic rings. The van der Waals surface area contributed by atoms with Crippen LogP contribution >= 0.6 is 0 Å². The number of carbonyl (C=O) groups is 1. The van der Waals surface area contributed by atoms with Gasteiger partial charge in [0.2, 0.25) is 11.8 Å². The number of alkyl halides is 3. The van der Waals surface area contributed by atoms with E-state index in [1.165, 1.54) is 12.1 Å². The van der Waals surface area contributed by atoms with Gasteiger partial charge in [0.1, 0.15) is 11.8 Å². The van der Waals surface area contributed by atoms with Gasteiger partial charge in [-0.15, -0.1) is 23.4 Å². The van der Waals surface area contributed by atoms with Crippen molar-refractivity contribution in [2.45, 2.75) is 56.2 Å². The van der Waals surface area contributed by atoms with E-state index >= 15 is 0 Å². The van der Waals surface area contributed by atoms with Crippen LogP contribution < -0.4 is 5.32 Å². The summed E-state index contributed by atoms with van der Waals surface area (Å²) in [5.41, 5.74) is 0.215. The summed E-state index contributed by atoms with van der Waals surface area (Å²) in [7, 11) is 0. The average Bonchev–Trinajstić information content (AvgIpc) is 3.26. The molecule has 8 nitrogen and oxygen atoms in total. The predicted molar refractivity (Wildman–Crippen MR) is 108 cm³/mol. The molecule has 2 aromatic heterocycles. The molecule has 3 heterocycles. The molecule has 0 bridgehead atoms. The Hall–Kier alpha value is -3.19. The maximum Gasteiger partial charge on any atom is 0.522 e. The van der Waals surface area contributed by atoms with Crippen LogP contribution in [0.15, 0.2) is 28.7 Å². The summed E-state index contributed by atoms with van der Waals surface area (Å²) >= 11 is 0. The summed E-state index contributed by atoms with van der Waals surface area (Å²) in [6.45, 7) is 0.159. The van der Waals surface area contributed by atoms with Crippen LogP contribution in [0.1, 0.15) is 60.0 Å². The molecular formula is C22H19F5N4O4. The van der Waals surface area contributed by atoms with Crippen LogP contribution in [0.3, 0.4) is 0 Å². The number of amides is 1. The molecule has 1 amide bonds. The van der Waals surface area contributed by atoms with Gasteiger partial charge in [0.25, 0.3) is 5.91 Å². The third-order valence-electron chi connectivity index (χ3n) is 6.05. The largest absolute Gasteiger partial charge is 0.522 e. The number of ether oxygens (including phenoxy) is 2. The molecule has 0 spiro atoms. The maximum absolute atomic E-state index is 13.5. The van der Waals surface area contributed by atoms with Crippen LogP contribution in [0.2, 0.25) is 0 Å². The van der Waals surface area contributed by atoms with E-state index in [9.17, 15) is 26.7 Å². The quantitative estimate of drug-likeness (QED) is 0.523. The van der Waals surface area contributed by atoms with Crippen molar-refractivity contribution in [1.82, 2.24) is 20.5 Å². The first-order valence-corrected chi connectivity index (χ1v) is 10.9. The van der Waals surface area contributed by atoms with E-state index in [4.69, 9.17) is 9.15 Å². The van der Waals surface area contributed by atoms with Crippen molar-refractivity contribution in [1.29, 1.82) is 0 Å². The SMILES string of the molecule is O=C(N[C@H]1CC[C@H](c2nnc([C@H]3C[C@@H](OC(F)(F)F)C3)o2)OC1)c1ccc2cc(F)c(F)cc2n1. The monoisotopic (exact) mass is 498 g/mol. The topological polar surface area (TPSA) is 99.4 Å². The summed E-state index contributed by atoms with van der Waals surface area (Å²) in [5, 5.41) is 11.1. The molecule has 2 atom stereocenters. The van der Waals surface area contributed by atoms with E-state index in [1.807, 2.05) is 0 Å². The summed E-state index contributed by atoms with van der Waals surface area (Å²) in [6.07, 6.45) is -4.79. The molecule has 0 unspecified atom stereocenters. The minimum Gasteiger partial charge on any atom is -0.422 e. The highest BCUT2D eigenvalue weighted by Crippen LogP contribution is 2.41. The Morgan fingerprint density at radius 2 is 1.80 bits per heavy atom. The molecule has 2 fully saturated rings. The van der Waals surface area contributed by atoms with Crippen molar-refractivity contribution >= 4 is 16.8 Å². The molecule has 13 heteroatoms. The van der Waals surface area contributed by atoms with Gasteiger partial charge in [-0.25, -0.2) is 13.8 Å². The summed E-state index contributed by atoms with van der Waals surface area (Å²) in [6, 6.07) is 4.53. The fourth-order valence-corrected chi connectivity index (χ4v) is 4.16. The van der Waals surface area contributed by atoms with Crippen molar-refractivity contribution in [2.24, 2.45) is 0 Å². The molecule has 1 saturated carbocycles. The van der Waals surface area contributed by atoms with Crippen LogP contribution in [0, 0.1) is 11.6 Å². The first kappa shape index (κ1) is 23.5. The molecule has 5 rings (SSSR count). The Labute approximate surface area is 194 Å². The molecule has 1 aliphatic heterocycles. The third kappa shape index (κ3) is 5.25. The number of carbonyl (C=O) groups excluding carboxylic acids is 1. The van der Waals surface area contributed by atoms with Crippen LogP contribution in [0.4, 0.5) is 22.0 Å². The lowest BCUT2D eigenvalue weighted by atomic mass is 9.82. The zero-order valence-electron chi connectivity index (χ0n) is 18.0. The van der Waals surface area contributed by atoms with Crippen LogP contribution in [-0.2, 0) is 9.47 Å². The fraction of sp³-hybridized carbons (Fsp3) is 0.455. The molecular weight excluding hydrogens is 479 g/mol. The number of aromatic nitrogens is 3. The second-order valence-corrected chi connectivity index (χ2v) is 8.56. The number of nitrogens with zero attached hydrogens (tertiary/aromatic N) is 3. The zero-order chi connectivity index (χ0) is 24.7. The summed E-state index contributed by atoms with van der Waals surface area (Å²) < 4.78 is 78.9. The van der Waals surface area contributed by atoms with Crippen LogP contribution in [-0.4, -0.2) is 46.2 Å². The Balaban J connectivity index is 1.13. The van der Waals surface area contributed by atoms with E-state index in [0.29, 0.717) is 18.2 Å². The smallest absolute Gasteiger partial charge is 0.422 e. The van der Waals surface area contributed by atoms with E-state index < -0.39 is 36.1 Å². The number of fused-ring (bicyclic) bond motifs is 1. The third-order valence-corrected chi connectivity index (χ3v) is 6.05. The second kappa shape index (κ2) is 9.11. The first-order valence-electron chi connectivity index (χ1n) is 10.9. The van der Waals surface area contributed by atoms with Crippen LogP contribution in [0.25, 0.3) is 10.9 Å². The zero-order valence-corrected chi connectivity index (χ0v) is 18.0. The maximum atomic E-state index is 13.5. The highest BCUT2D eigenvalue weighted by molar-refractivity contribution is 5.95. The number of hydrogen-bond donors (Lipinski definition) is 1. The van der Waals surface area contributed by atoms with Gasteiger partial charge >= 0.3 is 6.36 Å². The molecule has 1 N–H and O–H groups in total. The molecule has 2 aliphatic rings. The number of benzene rings is 1. The summed E-state index contributed by atoms with van der Waals surface area (Å²) in [4.78, 5) is 16.7. The molecule has 1 aromatic carbocycles. The van der Waals surface area contributed by atoms with E-state index in [1.54, 1.807) is 0 Å². The number of halogens is 5. The van der Waals surface area contributed by atoms with Crippen molar-refractivity contribution in [3.05, 3.63) is 53.4 Å². The van der Waals surface area contributed by atoms with Gasteiger partial charge < -0.3 is 14.5 Å². The minimum absolute atomic E-state index is 0.0560. The molecule has 1 saturated heterocycles. The Morgan fingerprint density at radius 3 is 2.51 bits per heavy atom. The Morgan fingerprint density at radius 1 is 1.06 bits per heavy atom. The van der Waals surface area contributed by atoms with Crippen molar-refractivity contribution in [3.8, 4) is 0 Å². The van der Waals surface area contributed by atoms with Gasteiger partial charge in [-0.1, -0.05) is 6.07 Å². The lowest BCUT2D eigenvalue weighted by molar-refractivity contribution is -0.352. The lowest BCUT2D eigenvalue weighted by Crippen LogP contribution is -2.41. The highest BCUT2D eigenvalue weighted by Gasteiger charge is 2.42. The minimum atomic E-state index is -4.67. The highest BCUT2D eigenvalue weighted by atomic mass is 19.4. The summed E-state index contributed by atoms with van der Waals surface area (Å²) in [5.74, 6) is -2.34. The number of nitrogens with one attached hydrogen (secondary N) is 1.